The number of hydrogen-bond donors (Lipinski definition) is 1. The van der Waals surface area contributed by atoms with Crippen molar-refractivity contribution < 1.29 is 18.0 Å². The Bertz CT molecular complexity index is 1040. The van der Waals surface area contributed by atoms with Gasteiger partial charge >= 0.3 is 6.18 Å². The van der Waals surface area contributed by atoms with Crippen molar-refractivity contribution in [2.24, 2.45) is 0 Å². The fourth-order valence-electron chi connectivity index (χ4n) is 3.45. The molecule has 1 aromatic carbocycles. The lowest BCUT2D eigenvalue weighted by Gasteiger charge is -2.23. The van der Waals surface area contributed by atoms with E-state index in [1.807, 2.05) is 0 Å². The van der Waals surface area contributed by atoms with Gasteiger partial charge in [-0.2, -0.15) is 13.2 Å². The van der Waals surface area contributed by atoms with Crippen LogP contribution in [0, 0.1) is 4.77 Å². The quantitative estimate of drug-likeness (QED) is 0.603. The van der Waals surface area contributed by atoms with Gasteiger partial charge in [0.2, 0.25) is 0 Å². The monoisotopic (exact) mass is 426 g/mol. The topological polar surface area (TPSA) is 61.3 Å². The molecule has 0 saturated carbocycles. The highest BCUT2D eigenvalue weighted by Gasteiger charge is 2.32. The van der Waals surface area contributed by atoms with Crippen LogP contribution in [0.1, 0.15) is 16.8 Å². The van der Waals surface area contributed by atoms with Crippen LogP contribution in [0.25, 0.3) is 10.9 Å². The number of nitrogens with zero attached hydrogens (tertiary/aromatic N) is 3. The fourth-order valence-corrected chi connectivity index (χ4v) is 3.72. The normalized spacial score (nSPS) is 16.0. The van der Waals surface area contributed by atoms with Crippen molar-refractivity contribution >= 4 is 29.0 Å². The first-order valence-electron chi connectivity index (χ1n) is 9.16. The maximum atomic E-state index is 12.9. The first-order chi connectivity index (χ1) is 13.7. The van der Waals surface area contributed by atoms with Crippen molar-refractivity contribution in [3.8, 4) is 0 Å². The lowest BCUT2D eigenvalue weighted by atomic mass is 10.1. The van der Waals surface area contributed by atoms with E-state index in [0.717, 1.165) is 0 Å². The minimum Gasteiger partial charge on any atom is -0.337 e. The molecule has 0 spiro atoms. The summed E-state index contributed by atoms with van der Waals surface area (Å²) in [5.41, 5.74) is 0.521. The first-order valence-corrected chi connectivity index (χ1v) is 9.56. The molecule has 0 bridgehead atoms. The van der Waals surface area contributed by atoms with Gasteiger partial charge in [0, 0.05) is 38.3 Å². The summed E-state index contributed by atoms with van der Waals surface area (Å²) in [6.07, 6.45) is -2.23. The highest BCUT2D eigenvalue weighted by atomic mass is 32.1. The molecule has 6 nitrogen and oxygen atoms in total. The molecule has 2 aromatic rings. The van der Waals surface area contributed by atoms with E-state index >= 15 is 0 Å². The summed E-state index contributed by atoms with van der Waals surface area (Å²) in [6.45, 7) is 3.94. The van der Waals surface area contributed by atoms with E-state index in [4.69, 9.17) is 12.2 Å². The Hall–Kier alpha value is -2.46. The standard InChI is InChI=1S/C19H21F3N4O2S/c1-2-6-26-17(28)14-5-4-13(11-15(14)23-18(26)29)16(27)25-8-3-7-24(9-10-25)12-19(20,21)22/h2,4-5,11H,1,3,6-10,12H2,(H,23,29). The molecule has 1 N–H and O–H groups in total. The molecule has 0 radical (unpaired) electrons. The first kappa shape index (κ1) is 21.3. The third-order valence-corrected chi connectivity index (χ3v) is 5.14. The zero-order valence-corrected chi connectivity index (χ0v) is 16.5. The van der Waals surface area contributed by atoms with Gasteiger partial charge in [-0.1, -0.05) is 6.08 Å². The largest absolute Gasteiger partial charge is 0.401 e. The number of amides is 1. The van der Waals surface area contributed by atoms with Gasteiger partial charge in [0.25, 0.3) is 11.5 Å². The van der Waals surface area contributed by atoms with Crippen LogP contribution >= 0.6 is 12.2 Å². The van der Waals surface area contributed by atoms with E-state index in [1.54, 1.807) is 29.2 Å². The number of benzene rings is 1. The van der Waals surface area contributed by atoms with Gasteiger partial charge in [-0.25, -0.2) is 0 Å². The van der Waals surface area contributed by atoms with Crippen LogP contribution in [0.15, 0.2) is 35.6 Å². The zero-order valence-electron chi connectivity index (χ0n) is 15.7. The molecule has 10 heteroatoms. The van der Waals surface area contributed by atoms with E-state index in [0.29, 0.717) is 29.4 Å². The molecular formula is C19H21F3N4O2S. The molecule has 1 aliphatic rings. The lowest BCUT2D eigenvalue weighted by molar-refractivity contribution is -0.145. The number of nitrogens with one attached hydrogen (secondary N) is 1. The van der Waals surface area contributed by atoms with Crippen molar-refractivity contribution in [3.05, 3.63) is 51.5 Å². The number of aromatic nitrogens is 2. The van der Waals surface area contributed by atoms with Crippen molar-refractivity contribution in [2.45, 2.75) is 19.1 Å². The molecule has 1 aromatic heterocycles. The number of alkyl halides is 3. The van der Waals surface area contributed by atoms with E-state index in [1.165, 1.54) is 9.47 Å². The van der Waals surface area contributed by atoms with E-state index in [2.05, 4.69) is 11.6 Å². The van der Waals surface area contributed by atoms with Crippen molar-refractivity contribution in [2.75, 3.05) is 32.7 Å². The predicted octanol–water partition coefficient (Wildman–Crippen LogP) is 2.96. The smallest absolute Gasteiger partial charge is 0.337 e. The molecule has 0 aliphatic carbocycles. The fraction of sp³-hybridized carbons (Fsp3) is 0.421. The Kier molecular flexibility index (Phi) is 6.23. The number of aromatic amines is 1. The number of carbonyl (C=O) groups is 1. The molecule has 1 fully saturated rings. The summed E-state index contributed by atoms with van der Waals surface area (Å²) in [6, 6.07) is 4.68. The second-order valence-corrected chi connectivity index (χ2v) is 7.32. The van der Waals surface area contributed by atoms with Gasteiger partial charge in [0.1, 0.15) is 0 Å². The Labute approximate surface area is 170 Å². The number of H-pyrrole nitrogens is 1. The third kappa shape index (κ3) is 4.94. The Morgan fingerprint density at radius 1 is 1.24 bits per heavy atom. The molecule has 0 unspecified atom stereocenters. The maximum Gasteiger partial charge on any atom is 0.401 e. The average Bonchev–Trinajstić information content (AvgIpc) is 2.88. The summed E-state index contributed by atoms with van der Waals surface area (Å²) < 4.78 is 39.4. The summed E-state index contributed by atoms with van der Waals surface area (Å²) in [4.78, 5) is 31.2. The predicted molar refractivity (Wildman–Crippen MR) is 107 cm³/mol. The van der Waals surface area contributed by atoms with Crippen molar-refractivity contribution in [3.63, 3.8) is 0 Å². The van der Waals surface area contributed by atoms with E-state index < -0.39 is 12.7 Å². The van der Waals surface area contributed by atoms with Gasteiger partial charge in [-0.15, -0.1) is 6.58 Å². The molecule has 29 heavy (non-hydrogen) atoms. The van der Waals surface area contributed by atoms with Crippen LogP contribution in [0.4, 0.5) is 13.2 Å². The highest BCUT2D eigenvalue weighted by Crippen LogP contribution is 2.19. The summed E-state index contributed by atoms with van der Waals surface area (Å²) in [5, 5.41) is 0.393. The Morgan fingerprint density at radius 3 is 2.69 bits per heavy atom. The van der Waals surface area contributed by atoms with Crippen LogP contribution in [0.5, 0.6) is 0 Å². The molecule has 1 aliphatic heterocycles. The van der Waals surface area contributed by atoms with Crippen LogP contribution in [-0.2, 0) is 6.54 Å². The van der Waals surface area contributed by atoms with E-state index in [-0.39, 0.29) is 42.4 Å². The molecular weight excluding hydrogens is 405 g/mol. The summed E-state index contributed by atoms with van der Waals surface area (Å²) >= 11 is 5.21. The number of carbonyl (C=O) groups excluding carboxylic acids is 1. The van der Waals surface area contributed by atoms with Crippen LogP contribution in [0.3, 0.4) is 0 Å². The van der Waals surface area contributed by atoms with Gasteiger partial charge in [0.15, 0.2) is 4.77 Å². The summed E-state index contributed by atoms with van der Waals surface area (Å²) in [7, 11) is 0. The maximum absolute atomic E-state index is 12.9. The molecule has 156 valence electrons. The van der Waals surface area contributed by atoms with Crippen molar-refractivity contribution in [1.29, 1.82) is 0 Å². The summed E-state index contributed by atoms with van der Waals surface area (Å²) in [5.74, 6) is -0.282. The Morgan fingerprint density at radius 2 is 2.00 bits per heavy atom. The zero-order chi connectivity index (χ0) is 21.2. The Balaban J connectivity index is 1.82. The highest BCUT2D eigenvalue weighted by molar-refractivity contribution is 7.71. The molecule has 1 amide bonds. The number of hydrogen-bond acceptors (Lipinski definition) is 4. The van der Waals surface area contributed by atoms with Crippen LogP contribution < -0.4 is 5.56 Å². The number of rotatable bonds is 4. The van der Waals surface area contributed by atoms with Crippen molar-refractivity contribution in [1.82, 2.24) is 19.4 Å². The van der Waals surface area contributed by atoms with Gasteiger partial charge < -0.3 is 9.88 Å². The second kappa shape index (κ2) is 8.50. The minimum atomic E-state index is -4.26. The minimum absolute atomic E-state index is 0.160. The number of allylic oxidation sites excluding steroid dienone is 1. The SMILES string of the molecule is C=CCn1c(=S)[nH]c2cc(C(=O)N3CCCN(CC(F)(F)F)CC3)ccc2c1=O. The third-order valence-electron chi connectivity index (χ3n) is 4.82. The molecule has 1 saturated heterocycles. The molecule has 0 atom stereocenters. The number of halogens is 3. The lowest BCUT2D eigenvalue weighted by Crippen LogP contribution is -2.38. The van der Waals surface area contributed by atoms with E-state index in [9.17, 15) is 22.8 Å². The number of fused-ring (bicyclic) bond motifs is 1. The van der Waals surface area contributed by atoms with Gasteiger partial charge in [0.05, 0.1) is 17.4 Å². The second-order valence-electron chi connectivity index (χ2n) is 6.93. The van der Waals surface area contributed by atoms with Crippen LogP contribution in [-0.4, -0.2) is 64.2 Å². The molecule has 2 heterocycles. The average molecular weight is 426 g/mol. The van der Waals surface area contributed by atoms with Gasteiger partial charge in [-0.05, 0) is 36.8 Å². The van der Waals surface area contributed by atoms with Gasteiger partial charge in [-0.3, -0.25) is 19.1 Å². The molecule has 3 rings (SSSR count). The van der Waals surface area contributed by atoms with Crippen LogP contribution in [0.2, 0.25) is 0 Å².